The SMILES string of the molecule is [C-]#[N+]c1ccc(-c2ccc(-n3c4ccccc4c4cccc(-n5c6ccccc6c6ccccc65)c43)cc2)c(-n2c3ccccc3c3cccc([N+]#[C-])c32)c1. The highest BCUT2D eigenvalue weighted by molar-refractivity contribution is 6.16. The van der Waals surface area contributed by atoms with E-state index in [0.717, 1.165) is 61.0 Å². The highest BCUT2D eigenvalue weighted by Crippen LogP contribution is 2.43. The van der Waals surface area contributed by atoms with Crippen molar-refractivity contribution in [3.8, 4) is 28.2 Å². The maximum Gasteiger partial charge on any atom is 0.211 e. The molecule has 0 aliphatic rings. The zero-order chi connectivity index (χ0) is 36.6. The van der Waals surface area contributed by atoms with Gasteiger partial charge in [-0.2, -0.15) is 0 Å². The predicted molar refractivity (Wildman–Crippen MR) is 227 cm³/mol. The molecule has 0 N–H and O–H groups in total. The second kappa shape index (κ2) is 11.8. The van der Waals surface area contributed by atoms with Crippen LogP contribution in [0, 0.1) is 13.1 Å². The molecule has 11 rings (SSSR count). The first-order valence-electron chi connectivity index (χ1n) is 18.3. The maximum absolute atomic E-state index is 8.06. The van der Waals surface area contributed by atoms with E-state index < -0.39 is 0 Å². The lowest BCUT2D eigenvalue weighted by atomic mass is 10.0. The van der Waals surface area contributed by atoms with Crippen molar-refractivity contribution in [1.82, 2.24) is 13.7 Å². The highest BCUT2D eigenvalue weighted by Gasteiger charge is 2.21. The fourth-order valence-corrected chi connectivity index (χ4v) is 8.78. The summed E-state index contributed by atoms with van der Waals surface area (Å²) in [5.74, 6) is 0. The third kappa shape index (κ3) is 4.39. The molecule has 8 aromatic carbocycles. The molecule has 0 saturated heterocycles. The van der Waals surface area contributed by atoms with Crippen LogP contribution in [-0.4, -0.2) is 13.7 Å². The van der Waals surface area contributed by atoms with Crippen LogP contribution in [-0.2, 0) is 0 Å². The molecule has 254 valence electrons. The summed E-state index contributed by atoms with van der Waals surface area (Å²) in [7, 11) is 0. The van der Waals surface area contributed by atoms with Crippen molar-refractivity contribution in [1.29, 1.82) is 0 Å². The maximum atomic E-state index is 8.06. The van der Waals surface area contributed by atoms with Gasteiger partial charge in [-0.15, -0.1) is 0 Å². The summed E-state index contributed by atoms with van der Waals surface area (Å²) in [5.41, 5.74) is 12.6. The molecule has 0 fully saturated rings. The summed E-state index contributed by atoms with van der Waals surface area (Å²) < 4.78 is 6.97. The number of hydrogen-bond acceptors (Lipinski definition) is 0. The third-order valence-corrected chi connectivity index (χ3v) is 11.1. The van der Waals surface area contributed by atoms with Crippen molar-refractivity contribution >= 4 is 76.8 Å². The van der Waals surface area contributed by atoms with Crippen molar-refractivity contribution in [2.45, 2.75) is 0 Å². The van der Waals surface area contributed by atoms with E-state index in [1.54, 1.807) is 0 Å². The van der Waals surface area contributed by atoms with E-state index in [0.29, 0.717) is 11.4 Å². The standard InChI is InChI=1S/C50H29N5/c1-51-33-27-30-35(48(31-33)55-46-23-10-6-15-38(46)40-17-11-19-42(52-2)49(40)55)32-25-28-34(29-26-32)53-43-20-7-5-16-39(43)41-18-12-24-47(50(41)53)54-44-21-8-3-13-36(44)37-14-4-9-22-45(37)54/h3-31H. The lowest BCUT2D eigenvalue weighted by Crippen LogP contribution is -2.01. The third-order valence-electron chi connectivity index (χ3n) is 11.1. The molecule has 55 heavy (non-hydrogen) atoms. The van der Waals surface area contributed by atoms with Crippen LogP contribution in [0.5, 0.6) is 0 Å². The van der Waals surface area contributed by atoms with Gasteiger partial charge in [-0.05, 0) is 59.5 Å². The lowest BCUT2D eigenvalue weighted by Gasteiger charge is -2.17. The van der Waals surface area contributed by atoms with Crippen LogP contribution in [0.1, 0.15) is 0 Å². The monoisotopic (exact) mass is 699 g/mol. The Bertz CT molecular complexity index is 3400. The second-order valence-corrected chi connectivity index (χ2v) is 13.9. The molecule has 11 aromatic rings. The summed E-state index contributed by atoms with van der Waals surface area (Å²) >= 11 is 0. The highest BCUT2D eigenvalue weighted by atomic mass is 15.1. The van der Waals surface area contributed by atoms with Gasteiger partial charge in [0.1, 0.15) is 0 Å². The fraction of sp³-hybridized carbons (Fsp3) is 0. The van der Waals surface area contributed by atoms with E-state index in [1.807, 2.05) is 42.5 Å². The van der Waals surface area contributed by atoms with Gasteiger partial charge in [0.2, 0.25) is 5.69 Å². The first-order chi connectivity index (χ1) is 27.2. The average Bonchev–Trinajstić information content (AvgIpc) is 3.90. The number of fused-ring (bicyclic) bond motifs is 9. The minimum Gasteiger partial charge on any atom is -0.320 e. The normalized spacial score (nSPS) is 11.6. The number of hydrogen-bond donors (Lipinski definition) is 0. The molecule has 3 heterocycles. The minimum absolute atomic E-state index is 0.546. The smallest absolute Gasteiger partial charge is 0.211 e. The van der Waals surface area contributed by atoms with Crippen LogP contribution in [0.15, 0.2) is 176 Å². The van der Waals surface area contributed by atoms with E-state index in [2.05, 4.69) is 157 Å². The molecule has 0 radical (unpaired) electrons. The van der Waals surface area contributed by atoms with Gasteiger partial charge < -0.3 is 13.7 Å². The molecule has 0 unspecified atom stereocenters. The van der Waals surface area contributed by atoms with Gasteiger partial charge in [-0.3, -0.25) is 0 Å². The topological polar surface area (TPSA) is 23.5 Å². The lowest BCUT2D eigenvalue weighted by molar-refractivity contribution is 1.13. The van der Waals surface area contributed by atoms with Crippen molar-refractivity contribution in [2.24, 2.45) is 0 Å². The molecule has 5 nitrogen and oxygen atoms in total. The number of benzene rings is 8. The van der Waals surface area contributed by atoms with Crippen LogP contribution < -0.4 is 0 Å². The van der Waals surface area contributed by atoms with Crippen LogP contribution in [0.25, 0.3) is 103 Å². The van der Waals surface area contributed by atoms with Crippen LogP contribution in [0.3, 0.4) is 0 Å². The van der Waals surface area contributed by atoms with E-state index in [1.165, 1.54) is 32.6 Å². The quantitative estimate of drug-likeness (QED) is 0.163. The van der Waals surface area contributed by atoms with Crippen molar-refractivity contribution < 1.29 is 0 Å². The number of nitrogens with zero attached hydrogens (tertiary/aromatic N) is 5. The number of para-hydroxylation sites is 6. The van der Waals surface area contributed by atoms with E-state index in [-0.39, 0.29) is 0 Å². The second-order valence-electron chi connectivity index (χ2n) is 13.9. The molecule has 3 aromatic heterocycles. The van der Waals surface area contributed by atoms with Crippen molar-refractivity contribution in [3.63, 3.8) is 0 Å². The summed E-state index contributed by atoms with van der Waals surface area (Å²) in [4.78, 5) is 7.76. The molecule has 0 saturated carbocycles. The Morgan fingerprint density at radius 3 is 1.47 bits per heavy atom. The van der Waals surface area contributed by atoms with Crippen LogP contribution >= 0.6 is 0 Å². The summed E-state index contributed by atoms with van der Waals surface area (Å²) in [5, 5.41) is 6.94. The Kier molecular flexibility index (Phi) is 6.61. The van der Waals surface area contributed by atoms with Gasteiger partial charge in [0.05, 0.1) is 51.9 Å². The summed E-state index contributed by atoms with van der Waals surface area (Å²) in [6.45, 7) is 16.0. The van der Waals surface area contributed by atoms with E-state index >= 15 is 0 Å². The van der Waals surface area contributed by atoms with E-state index in [4.69, 9.17) is 13.1 Å². The molecular formula is C50H29N5. The fourth-order valence-electron chi connectivity index (χ4n) is 8.78. The van der Waals surface area contributed by atoms with E-state index in [9.17, 15) is 0 Å². The molecule has 0 amide bonds. The first kappa shape index (κ1) is 30.7. The Hall–Kier alpha value is -7.86. The Morgan fingerprint density at radius 1 is 0.364 bits per heavy atom. The first-order valence-corrected chi connectivity index (χ1v) is 18.3. The molecule has 0 spiro atoms. The summed E-state index contributed by atoms with van der Waals surface area (Å²) in [6.07, 6.45) is 0. The molecule has 5 heteroatoms. The largest absolute Gasteiger partial charge is 0.320 e. The van der Waals surface area contributed by atoms with Gasteiger partial charge in [-0.1, -0.05) is 127 Å². The number of rotatable bonds is 4. The zero-order valence-corrected chi connectivity index (χ0v) is 29.5. The van der Waals surface area contributed by atoms with Gasteiger partial charge in [-0.25, -0.2) is 9.69 Å². The molecule has 0 bridgehead atoms. The van der Waals surface area contributed by atoms with Gasteiger partial charge in [0, 0.05) is 43.9 Å². The van der Waals surface area contributed by atoms with Crippen molar-refractivity contribution in [2.75, 3.05) is 0 Å². The predicted octanol–water partition coefficient (Wildman–Crippen LogP) is 13.7. The Labute approximate surface area is 316 Å². The average molecular weight is 700 g/mol. The molecule has 0 aliphatic heterocycles. The molecule has 0 atom stereocenters. The van der Waals surface area contributed by atoms with Crippen LogP contribution in [0.2, 0.25) is 0 Å². The molecule has 0 aliphatic carbocycles. The number of aromatic nitrogens is 3. The van der Waals surface area contributed by atoms with Gasteiger partial charge in [0.15, 0.2) is 5.69 Å². The Balaban J connectivity index is 1.15. The van der Waals surface area contributed by atoms with Gasteiger partial charge >= 0.3 is 0 Å². The van der Waals surface area contributed by atoms with Gasteiger partial charge in [0.25, 0.3) is 0 Å². The summed E-state index contributed by atoms with van der Waals surface area (Å²) in [6, 6.07) is 61.4. The van der Waals surface area contributed by atoms with Crippen LogP contribution in [0.4, 0.5) is 11.4 Å². The minimum atomic E-state index is 0.546. The van der Waals surface area contributed by atoms with Crippen molar-refractivity contribution in [3.05, 3.63) is 199 Å². The Morgan fingerprint density at radius 2 is 0.873 bits per heavy atom. The molecular weight excluding hydrogens is 671 g/mol. The zero-order valence-electron chi connectivity index (χ0n) is 29.5.